The Morgan fingerprint density at radius 3 is 1.90 bits per heavy atom. The smallest absolute Gasteiger partial charge is 0.326 e. The molecule has 11 N–H and O–H groups in total. The standard InChI is InChI=1S/C41H49N7O10/c1-23(2)16-31(38(54)47-33(20-36(51)52)40(56)48-34(41(57)58)18-24-8-4-3-5-9-24)46-39(55)32(19-26-21-43-30-11-7-6-10-28(26)30)45-35(50)22-44-37(53)29(42)17-25-12-14-27(49)15-13-25/h3-15,21,23,29,31-34,43,49H,16-20,22,42H2,1-2H3,(H,44,53)(H,45,50)(H,46,55)(H,47,54)(H,48,56)(H,51,52)(H,57,58)/t29-,31-,32-,33-,34-/m0/s1. The van der Waals surface area contributed by atoms with Crippen LogP contribution in [0.5, 0.6) is 5.75 Å². The molecule has 0 aliphatic rings. The van der Waals surface area contributed by atoms with Crippen molar-refractivity contribution in [2.45, 2.75) is 76.2 Å². The molecule has 0 radical (unpaired) electrons. The molecule has 308 valence electrons. The van der Waals surface area contributed by atoms with Gasteiger partial charge in [0.25, 0.3) is 0 Å². The number of fused-ring (bicyclic) bond motifs is 1. The van der Waals surface area contributed by atoms with E-state index in [1.165, 1.54) is 12.1 Å². The molecule has 1 aromatic heterocycles. The Morgan fingerprint density at radius 1 is 0.655 bits per heavy atom. The molecule has 3 aromatic carbocycles. The monoisotopic (exact) mass is 799 g/mol. The van der Waals surface area contributed by atoms with E-state index in [9.17, 15) is 48.9 Å². The lowest BCUT2D eigenvalue weighted by Gasteiger charge is -2.26. The molecule has 0 aliphatic heterocycles. The summed E-state index contributed by atoms with van der Waals surface area (Å²) in [5.41, 5.74) is 8.75. The summed E-state index contributed by atoms with van der Waals surface area (Å²) in [5.74, 6) is -7.10. The molecule has 5 amide bonds. The van der Waals surface area contributed by atoms with Crippen LogP contribution in [0.3, 0.4) is 0 Å². The Kier molecular flexibility index (Phi) is 15.9. The van der Waals surface area contributed by atoms with Gasteiger partial charge < -0.3 is 52.6 Å². The van der Waals surface area contributed by atoms with E-state index >= 15 is 0 Å². The van der Waals surface area contributed by atoms with E-state index < -0.39 is 84.6 Å². The van der Waals surface area contributed by atoms with Crippen LogP contribution in [0.2, 0.25) is 0 Å². The largest absolute Gasteiger partial charge is 0.508 e. The fraction of sp³-hybridized carbons (Fsp3) is 0.341. The molecule has 0 saturated carbocycles. The highest BCUT2D eigenvalue weighted by Crippen LogP contribution is 2.20. The van der Waals surface area contributed by atoms with Crippen molar-refractivity contribution in [2.75, 3.05) is 6.54 Å². The predicted molar refractivity (Wildman–Crippen MR) is 212 cm³/mol. The van der Waals surface area contributed by atoms with Gasteiger partial charge in [-0.2, -0.15) is 0 Å². The summed E-state index contributed by atoms with van der Waals surface area (Å²) in [4.78, 5) is 94.0. The molecule has 0 saturated heterocycles. The van der Waals surface area contributed by atoms with Crippen LogP contribution in [0.1, 0.15) is 43.4 Å². The Morgan fingerprint density at radius 2 is 1.24 bits per heavy atom. The van der Waals surface area contributed by atoms with Crippen molar-refractivity contribution in [1.82, 2.24) is 31.6 Å². The number of phenolic OH excluding ortho intramolecular Hbond substituents is 1. The van der Waals surface area contributed by atoms with Gasteiger partial charge in [0.2, 0.25) is 29.5 Å². The fourth-order valence-corrected chi connectivity index (χ4v) is 6.21. The Balaban J connectivity index is 1.49. The molecule has 5 atom stereocenters. The molecule has 1 heterocycles. The molecule has 0 aliphatic carbocycles. The zero-order valence-corrected chi connectivity index (χ0v) is 32.1. The number of carboxylic acid groups (broad SMARTS) is 2. The number of carboxylic acids is 2. The normalized spacial score (nSPS) is 13.7. The summed E-state index contributed by atoms with van der Waals surface area (Å²) in [6, 6.07) is 15.1. The van der Waals surface area contributed by atoms with Crippen LogP contribution in [-0.4, -0.2) is 98.5 Å². The minimum absolute atomic E-state index is 0.0352. The molecular weight excluding hydrogens is 750 g/mol. The lowest BCUT2D eigenvalue weighted by Crippen LogP contribution is -2.59. The maximum Gasteiger partial charge on any atom is 0.326 e. The molecule has 4 aromatic rings. The van der Waals surface area contributed by atoms with E-state index in [0.29, 0.717) is 16.7 Å². The molecule has 0 unspecified atom stereocenters. The Labute approximate surface area is 334 Å². The van der Waals surface area contributed by atoms with Crippen LogP contribution in [-0.2, 0) is 52.8 Å². The lowest BCUT2D eigenvalue weighted by molar-refractivity contribution is -0.143. The van der Waals surface area contributed by atoms with Gasteiger partial charge >= 0.3 is 11.9 Å². The van der Waals surface area contributed by atoms with E-state index in [-0.39, 0.29) is 37.4 Å². The number of carbonyl (C=O) groups excluding carboxylic acids is 5. The Hall–Kier alpha value is -6.75. The van der Waals surface area contributed by atoms with Gasteiger partial charge in [-0.3, -0.25) is 28.8 Å². The first-order valence-corrected chi connectivity index (χ1v) is 18.6. The second-order valence-electron chi connectivity index (χ2n) is 14.3. The first-order chi connectivity index (χ1) is 27.6. The lowest BCUT2D eigenvalue weighted by atomic mass is 10.00. The van der Waals surface area contributed by atoms with Crippen molar-refractivity contribution in [3.8, 4) is 5.75 Å². The van der Waals surface area contributed by atoms with Crippen molar-refractivity contribution in [3.63, 3.8) is 0 Å². The maximum absolute atomic E-state index is 14.0. The number of benzene rings is 3. The van der Waals surface area contributed by atoms with Gasteiger partial charge in [0, 0.05) is 29.9 Å². The first-order valence-electron chi connectivity index (χ1n) is 18.6. The van der Waals surface area contributed by atoms with Crippen molar-refractivity contribution < 1.29 is 48.9 Å². The summed E-state index contributed by atoms with van der Waals surface area (Å²) in [5, 5.41) is 42.1. The summed E-state index contributed by atoms with van der Waals surface area (Å²) in [6.07, 6.45) is 0.794. The average Bonchev–Trinajstić information content (AvgIpc) is 3.59. The minimum Gasteiger partial charge on any atom is -0.508 e. The number of para-hydroxylation sites is 1. The van der Waals surface area contributed by atoms with E-state index in [4.69, 9.17) is 5.73 Å². The van der Waals surface area contributed by atoms with Crippen LogP contribution in [0, 0.1) is 5.92 Å². The van der Waals surface area contributed by atoms with E-state index in [1.54, 1.807) is 68.6 Å². The van der Waals surface area contributed by atoms with Crippen LogP contribution < -0.4 is 32.3 Å². The number of carbonyl (C=O) groups is 7. The second-order valence-corrected chi connectivity index (χ2v) is 14.3. The van der Waals surface area contributed by atoms with Gasteiger partial charge in [-0.1, -0.05) is 74.5 Å². The number of hydrogen-bond donors (Lipinski definition) is 10. The van der Waals surface area contributed by atoms with Gasteiger partial charge in [-0.05, 0) is 53.6 Å². The third kappa shape index (κ3) is 13.5. The third-order valence-corrected chi connectivity index (χ3v) is 9.15. The molecule has 17 heteroatoms. The predicted octanol–water partition coefficient (Wildman–Crippen LogP) is 0.890. The summed E-state index contributed by atoms with van der Waals surface area (Å²) < 4.78 is 0. The average molecular weight is 800 g/mol. The van der Waals surface area contributed by atoms with Gasteiger partial charge in [0.05, 0.1) is 19.0 Å². The zero-order chi connectivity index (χ0) is 42.4. The van der Waals surface area contributed by atoms with Crippen LogP contribution in [0.25, 0.3) is 10.9 Å². The maximum atomic E-state index is 14.0. The number of H-pyrrole nitrogens is 1. The van der Waals surface area contributed by atoms with Crippen molar-refractivity contribution >= 4 is 52.4 Å². The number of aromatic nitrogens is 1. The SMILES string of the molecule is CC(C)C[C@H](NC(=O)[C@H](Cc1c[nH]c2ccccc12)NC(=O)CNC(=O)[C@@H](N)Cc1ccc(O)cc1)C(=O)N[C@@H](CC(=O)O)C(=O)N[C@@H](Cc1ccccc1)C(=O)O. The highest BCUT2D eigenvalue weighted by Gasteiger charge is 2.33. The van der Waals surface area contributed by atoms with Crippen LogP contribution in [0.4, 0.5) is 0 Å². The number of nitrogens with one attached hydrogen (secondary N) is 6. The minimum atomic E-state index is -1.71. The number of aromatic hydroxyl groups is 1. The quantitative estimate of drug-likeness (QED) is 0.0565. The van der Waals surface area contributed by atoms with Gasteiger partial charge in [0.1, 0.15) is 29.9 Å². The van der Waals surface area contributed by atoms with Gasteiger partial charge in [-0.25, -0.2) is 4.79 Å². The molecule has 58 heavy (non-hydrogen) atoms. The topological polar surface area (TPSA) is 282 Å². The summed E-state index contributed by atoms with van der Waals surface area (Å²) in [7, 11) is 0. The van der Waals surface area contributed by atoms with E-state index in [0.717, 1.165) is 10.9 Å². The van der Waals surface area contributed by atoms with E-state index in [2.05, 4.69) is 31.6 Å². The fourth-order valence-electron chi connectivity index (χ4n) is 6.21. The molecule has 4 rings (SSSR count). The molecule has 0 bridgehead atoms. The van der Waals surface area contributed by atoms with Gasteiger partial charge in [0.15, 0.2) is 0 Å². The van der Waals surface area contributed by atoms with Crippen molar-refractivity contribution in [2.24, 2.45) is 11.7 Å². The number of rotatable bonds is 21. The number of phenols is 1. The van der Waals surface area contributed by atoms with Crippen LogP contribution >= 0.6 is 0 Å². The van der Waals surface area contributed by atoms with E-state index in [1.807, 2.05) is 18.2 Å². The first kappa shape index (κ1) is 44.0. The molecule has 0 spiro atoms. The highest BCUT2D eigenvalue weighted by atomic mass is 16.4. The van der Waals surface area contributed by atoms with Crippen LogP contribution in [0.15, 0.2) is 85.1 Å². The zero-order valence-electron chi connectivity index (χ0n) is 32.1. The Bertz CT molecular complexity index is 2070. The molecule has 17 nitrogen and oxygen atoms in total. The van der Waals surface area contributed by atoms with Crippen molar-refractivity contribution in [3.05, 3.63) is 102 Å². The highest BCUT2D eigenvalue weighted by molar-refractivity contribution is 5.97. The third-order valence-electron chi connectivity index (χ3n) is 9.15. The molecular formula is C41H49N7O10. The van der Waals surface area contributed by atoms with Gasteiger partial charge in [-0.15, -0.1) is 0 Å². The number of aromatic amines is 1. The second kappa shape index (κ2) is 21.0. The van der Waals surface area contributed by atoms with Crippen molar-refractivity contribution in [1.29, 1.82) is 0 Å². The number of amides is 5. The number of aliphatic carboxylic acids is 2. The number of nitrogens with two attached hydrogens (primary N) is 1. The summed E-state index contributed by atoms with van der Waals surface area (Å²) >= 11 is 0. The number of hydrogen-bond acceptors (Lipinski definition) is 9. The molecule has 0 fully saturated rings. The summed E-state index contributed by atoms with van der Waals surface area (Å²) in [6.45, 7) is 3.01.